The van der Waals surface area contributed by atoms with Gasteiger partial charge in [-0.1, -0.05) is 54.1 Å². The Bertz CT molecular complexity index is 1960. The van der Waals surface area contributed by atoms with E-state index in [9.17, 15) is 4.79 Å². The first kappa shape index (κ1) is 29.0. The number of carbonyl (C=O) groups excluding carboxylic acids is 1. The van der Waals surface area contributed by atoms with Gasteiger partial charge in [-0.15, -0.1) is 0 Å². The van der Waals surface area contributed by atoms with Crippen LogP contribution in [0.3, 0.4) is 0 Å². The van der Waals surface area contributed by atoms with Crippen molar-refractivity contribution in [2.45, 2.75) is 6.42 Å². The number of amides is 1. The van der Waals surface area contributed by atoms with Crippen LogP contribution in [0.1, 0.15) is 15.9 Å². The molecule has 224 valence electrons. The van der Waals surface area contributed by atoms with Gasteiger partial charge in [0.2, 0.25) is 0 Å². The van der Waals surface area contributed by atoms with E-state index in [0.717, 1.165) is 44.1 Å². The number of ether oxygens (including phenoxy) is 4. The molecule has 44 heavy (non-hydrogen) atoms. The summed E-state index contributed by atoms with van der Waals surface area (Å²) in [4.78, 5) is 20.5. The van der Waals surface area contributed by atoms with Gasteiger partial charge in [0.15, 0.2) is 0 Å². The van der Waals surface area contributed by atoms with E-state index in [2.05, 4.69) is 27.4 Å². The van der Waals surface area contributed by atoms with Gasteiger partial charge in [0.25, 0.3) is 5.91 Å². The summed E-state index contributed by atoms with van der Waals surface area (Å²) in [5, 5.41) is 5.47. The van der Waals surface area contributed by atoms with Crippen LogP contribution in [0.25, 0.3) is 44.1 Å². The highest BCUT2D eigenvalue weighted by molar-refractivity contribution is 6.30. The largest absolute Gasteiger partial charge is 0.496 e. The SMILES string of the molecule is COc1cc(OC)c2c(-c3ccccc3)c[nH]c2c1CCNC(=O)c1c(OC)cc(OC)c2c(-c3ccc(Cl)cc3)c[nH]c12. The Kier molecular flexibility index (Phi) is 8.09. The summed E-state index contributed by atoms with van der Waals surface area (Å²) in [5.41, 5.74) is 6.76. The summed E-state index contributed by atoms with van der Waals surface area (Å²) in [7, 11) is 6.42. The molecular weight excluding hydrogens is 578 g/mol. The van der Waals surface area contributed by atoms with Crippen molar-refractivity contribution in [1.82, 2.24) is 15.3 Å². The number of carbonyl (C=O) groups is 1. The third-order valence-corrected chi connectivity index (χ3v) is 8.13. The normalized spacial score (nSPS) is 11.1. The number of benzene rings is 4. The fourth-order valence-electron chi connectivity index (χ4n) is 5.81. The van der Waals surface area contributed by atoms with E-state index >= 15 is 0 Å². The van der Waals surface area contributed by atoms with E-state index in [1.807, 2.05) is 60.9 Å². The number of aromatic nitrogens is 2. The molecule has 8 nitrogen and oxygen atoms in total. The molecule has 9 heteroatoms. The van der Waals surface area contributed by atoms with E-state index in [4.69, 9.17) is 30.5 Å². The van der Waals surface area contributed by atoms with Crippen molar-refractivity contribution < 1.29 is 23.7 Å². The van der Waals surface area contributed by atoms with Crippen molar-refractivity contribution in [1.29, 1.82) is 0 Å². The molecule has 0 aliphatic rings. The number of aromatic amines is 2. The van der Waals surface area contributed by atoms with Crippen LogP contribution >= 0.6 is 11.6 Å². The number of nitrogens with one attached hydrogen (secondary N) is 3. The highest BCUT2D eigenvalue weighted by Gasteiger charge is 2.24. The Hall–Kier alpha value is -5.08. The molecule has 0 atom stereocenters. The summed E-state index contributed by atoms with van der Waals surface area (Å²) < 4.78 is 22.9. The van der Waals surface area contributed by atoms with Crippen LogP contribution in [0.4, 0.5) is 0 Å². The third kappa shape index (κ3) is 5.07. The maximum atomic E-state index is 13.8. The zero-order valence-electron chi connectivity index (χ0n) is 24.8. The minimum absolute atomic E-state index is 0.279. The number of halogens is 1. The molecule has 6 aromatic rings. The molecule has 4 aromatic carbocycles. The molecule has 3 N–H and O–H groups in total. The van der Waals surface area contributed by atoms with Gasteiger partial charge in [-0.05, 0) is 29.7 Å². The van der Waals surface area contributed by atoms with Gasteiger partial charge < -0.3 is 34.2 Å². The standard InChI is InChI=1S/C35H32ClN3O5/c1-41-26-16-27(42-2)30-24(20-8-6-5-7-9-20)18-38-33(30)23(26)14-15-37-35(40)32-29(44-4)17-28(43-3)31-25(19-39-34(31)32)21-10-12-22(36)13-11-21/h5-13,16-19,38-39H,14-15H2,1-4H3,(H,37,40). The molecule has 0 aliphatic heterocycles. The Morgan fingerprint density at radius 1 is 0.705 bits per heavy atom. The van der Waals surface area contributed by atoms with Crippen LogP contribution in [0, 0.1) is 0 Å². The van der Waals surface area contributed by atoms with Gasteiger partial charge in [0, 0.05) is 58.2 Å². The average Bonchev–Trinajstić information content (AvgIpc) is 3.70. The van der Waals surface area contributed by atoms with Crippen LogP contribution in [-0.4, -0.2) is 50.9 Å². The lowest BCUT2D eigenvalue weighted by atomic mass is 9.99. The summed E-state index contributed by atoms with van der Waals surface area (Å²) in [5.74, 6) is 2.09. The van der Waals surface area contributed by atoms with Crippen LogP contribution in [0.15, 0.2) is 79.1 Å². The van der Waals surface area contributed by atoms with Crippen LogP contribution in [-0.2, 0) is 6.42 Å². The van der Waals surface area contributed by atoms with Crippen molar-refractivity contribution in [2.24, 2.45) is 0 Å². The van der Waals surface area contributed by atoms with Crippen molar-refractivity contribution >= 4 is 39.3 Å². The van der Waals surface area contributed by atoms with Crippen molar-refractivity contribution in [2.75, 3.05) is 35.0 Å². The van der Waals surface area contributed by atoms with Crippen LogP contribution in [0.2, 0.25) is 5.02 Å². The zero-order chi connectivity index (χ0) is 30.8. The number of hydrogen-bond acceptors (Lipinski definition) is 5. The number of fused-ring (bicyclic) bond motifs is 2. The summed E-state index contributed by atoms with van der Waals surface area (Å²) in [6.45, 7) is 0.345. The first-order valence-corrected chi connectivity index (χ1v) is 14.5. The van der Waals surface area contributed by atoms with Gasteiger partial charge in [0.1, 0.15) is 28.6 Å². The first-order valence-electron chi connectivity index (χ1n) is 14.1. The second kappa shape index (κ2) is 12.3. The van der Waals surface area contributed by atoms with Crippen LogP contribution < -0.4 is 24.3 Å². The number of rotatable bonds is 10. The molecule has 0 unspecified atom stereocenters. The molecule has 0 saturated heterocycles. The molecule has 6 rings (SSSR count). The summed E-state index contributed by atoms with van der Waals surface area (Å²) in [6, 6.07) is 21.3. The second-order valence-corrected chi connectivity index (χ2v) is 10.6. The molecule has 0 fully saturated rings. The molecule has 2 aromatic heterocycles. The lowest BCUT2D eigenvalue weighted by molar-refractivity contribution is 0.0952. The Morgan fingerprint density at radius 3 is 1.86 bits per heavy atom. The average molecular weight is 610 g/mol. The van der Waals surface area contributed by atoms with E-state index < -0.39 is 0 Å². The highest BCUT2D eigenvalue weighted by Crippen LogP contribution is 2.43. The minimum atomic E-state index is -0.279. The van der Waals surface area contributed by atoms with Gasteiger partial charge in [-0.3, -0.25) is 4.79 Å². The molecule has 0 saturated carbocycles. The summed E-state index contributed by atoms with van der Waals surface area (Å²) in [6.07, 6.45) is 4.35. The zero-order valence-corrected chi connectivity index (χ0v) is 25.6. The third-order valence-electron chi connectivity index (χ3n) is 7.88. The maximum Gasteiger partial charge on any atom is 0.257 e. The van der Waals surface area contributed by atoms with Gasteiger partial charge in [-0.25, -0.2) is 0 Å². The highest BCUT2D eigenvalue weighted by atomic mass is 35.5. The predicted molar refractivity (Wildman–Crippen MR) is 175 cm³/mol. The maximum absolute atomic E-state index is 13.8. The fourth-order valence-corrected chi connectivity index (χ4v) is 5.94. The van der Waals surface area contributed by atoms with Crippen molar-refractivity contribution in [3.63, 3.8) is 0 Å². The quantitative estimate of drug-likeness (QED) is 0.148. The molecule has 0 spiro atoms. The molecular formula is C35H32ClN3O5. The van der Waals surface area contributed by atoms with Crippen molar-refractivity contribution in [3.05, 3.63) is 95.3 Å². The monoisotopic (exact) mass is 609 g/mol. The second-order valence-electron chi connectivity index (χ2n) is 10.2. The van der Waals surface area contributed by atoms with E-state index in [-0.39, 0.29) is 5.91 Å². The minimum Gasteiger partial charge on any atom is -0.496 e. The molecule has 0 aliphatic carbocycles. The first-order chi connectivity index (χ1) is 21.5. The Balaban J connectivity index is 1.34. The predicted octanol–water partition coefficient (Wildman–Crippen LogP) is 7.64. The van der Waals surface area contributed by atoms with E-state index in [1.165, 1.54) is 7.11 Å². The number of methoxy groups -OCH3 is 4. The number of H-pyrrole nitrogens is 2. The summed E-state index contributed by atoms with van der Waals surface area (Å²) >= 11 is 6.13. The Morgan fingerprint density at radius 2 is 1.25 bits per heavy atom. The van der Waals surface area contributed by atoms with E-state index in [0.29, 0.717) is 52.1 Å². The smallest absolute Gasteiger partial charge is 0.257 e. The fraction of sp³-hybridized carbons (Fsp3) is 0.171. The van der Waals surface area contributed by atoms with Crippen molar-refractivity contribution in [3.8, 4) is 45.3 Å². The lowest BCUT2D eigenvalue weighted by Gasteiger charge is -2.16. The molecule has 1 amide bonds. The number of hydrogen-bond donors (Lipinski definition) is 3. The molecule has 0 bridgehead atoms. The van der Waals surface area contributed by atoms with Gasteiger partial charge >= 0.3 is 0 Å². The van der Waals surface area contributed by atoms with E-state index in [1.54, 1.807) is 27.4 Å². The molecule has 2 heterocycles. The van der Waals surface area contributed by atoms with Crippen LogP contribution in [0.5, 0.6) is 23.0 Å². The lowest BCUT2D eigenvalue weighted by Crippen LogP contribution is -2.26. The topological polar surface area (TPSA) is 97.6 Å². The van der Waals surface area contributed by atoms with Gasteiger partial charge in [0.05, 0.1) is 44.9 Å². The molecule has 0 radical (unpaired) electrons. The Labute approximate surface area is 259 Å². The van der Waals surface area contributed by atoms with Gasteiger partial charge in [-0.2, -0.15) is 0 Å².